The van der Waals surface area contributed by atoms with Crippen molar-refractivity contribution in [1.82, 2.24) is 0 Å². The molecule has 0 saturated carbocycles. The third-order valence-corrected chi connectivity index (χ3v) is 1.17. The van der Waals surface area contributed by atoms with Gasteiger partial charge in [-0.1, -0.05) is 0 Å². The Bertz CT molecular complexity index is 278. The Morgan fingerprint density at radius 1 is 0.882 bits per heavy atom. The van der Waals surface area contributed by atoms with Crippen molar-refractivity contribution in [1.29, 1.82) is 0 Å². The first-order valence-corrected chi connectivity index (χ1v) is 4.29. The molecule has 84 valence electrons. The van der Waals surface area contributed by atoms with Crippen LogP contribution in [0, 0.1) is 12.2 Å². The maximum Gasteiger partial charge on any atom is 4.00 e. The Kier molecular flexibility index (Phi) is 29.6. The van der Waals surface area contributed by atoms with E-state index >= 15 is 0 Å². The molecule has 0 aromatic carbocycles. The molecule has 4 nitrogen and oxygen atoms in total. The van der Waals surface area contributed by atoms with Crippen molar-refractivity contribution in [3.63, 3.8) is 0 Å². The van der Waals surface area contributed by atoms with Crippen molar-refractivity contribution in [2.75, 3.05) is 0 Å². The molecule has 0 amide bonds. The third-order valence-electron chi connectivity index (χ3n) is 1.17. The second-order valence-electron chi connectivity index (χ2n) is 2.19. The van der Waals surface area contributed by atoms with Crippen molar-refractivity contribution in [3.05, 3.63) is 59.4 Å². The Morgan fingerprint density at radius 3 is 1.24 bits per heavy atom. The maximum absolute atomic E-state index is 8.24. The van der Waals surface area contributed by atoms with E-state index in [0.717, 1.165) is 12.8 Å². The monoisotopic (exact) mass is 304 g/mol. The van der Waals surface area contributed by atoms with E-state index in [9.17, 15) is 0 Å². The fraction of sp³-hybridized carbons (Fsp3) is 0.167. The second-order valence-corrected chi connectivity index (χ2v) is 2.19. The minimum atomic E-state index is 0. The minimum Gasteiger partial charge on any atom is -0.724 e. The Morgan fingerprint density at radius 2 is 1.18 bits per heavy atom. The SMILES string of the molecule is [C-]1=CC=CC1.[C-]1=CC=CC1.[N-]=C=O.[N-]=C=O.[Zr+4]. The van der Waals surface area contributed by atoms with Gasteiger partial charge in [0.1, 0.15) is 0 Å². The summed E-state index contributed by atoms with van der Waals surface area (Å²) in [6.07, 6.45) is 21.0. The van der Waals surface area contributed by atoms with Gasteiger partial charge in [0.15, 0.2) is 0 Å². The van der Waals surface area contributed by atoms with Gasteiger partial charge < -0.3 is 10.8 Å². The summed E-state index contributed by atoms with van der Waals surface area (Å²) in [4.78, 5) is 16.5. The number of hydrogen-bond acceptors (Lipinski definition) is 2. The molecule has 0 heterocycles. The number of carbonyl (C=O) groups excluding carboxylic acids is 2. The molecule has 0 aromatic rings. The average Bonchev–Trinajstić information content (AvgIpc) is 3.00. The summed E-state index contributed by atoms with van der Waals surface area (Å²) < 4.78 is 0. The van der Waals surface area contributed by atoms with Crippen LogP contribution in [0.1, 0.15) is 12.8 Å². The van der Waals surface area contributed by atoms with Gasteiger partial charge in [0.25, 0.3) is 0 Å². The van der Waals surface area contributed by atoms with Crippen LogP contribution in [0.4, 0.5) is 0 Å². The number of hydrogen-bond donors (Lipinski definition) is 0. The molecular formula is C12H10N2O2Zr. The zero-order valence-corrected chi connectivity index (χ0v) is 11.5. The van der Waals surface area contributed by atoms with Gasteiger partial charge in [-0.2, -0.15) is 12.2 Å². The molecule has 0 fully saturated rings. The van der Waals surface area contributed by atoms with Crippen LogP contribution >= 0.6 is 0 Å². The summed E-state index contributed by atoms with van der Waals surface area (Å²) in [5.74, 6) is 0. The number of rotatable bonds is 0. The fourth-order valence-corrected chi connectivity index (χ4v) is 0.680. The standard InChI is InChI=1S/2C5H5.2CNO.Zr/c2*1-2-4-5-3-1;2*2-1-3;/h2*1-3H,4H2;;;/q4*-1;+4. The molecule has 5 heteroatoms. The van der Waals surface area contributed by atoms with Gasteiger partial charge in [-0.05, 0) is 12.2 Å². The van der Waals surface area contributed by atoms with Crippen LogP contribution in [-0.4, -0.2) is 12.2 Å². The first-order chi connectivity index (χ1) is 7.83. The summed E-state index contributed by atoms with van der Waals surface area (Å²) in [5.41, 5.74) is 0. The molecule has 2 aliphatic carbocycles. The van der Waals surface area contributed by atoms with Crippen molar-refractivity contribution in [3.8, 4) is 0 Å². The van der Waals surface area contributed by atoms with Crippen LogP contribution in [0.3, 0.4) is 0 Å². The van der Waals surface area contributed by atoms with Crippen molar-refractivity contribution in [2.24, 2.45) is 0 Å². The van der Waals surface area contributed by atoms with Gasteiger partial charge in [0.2, 0.25) is 0 Å². The molecule has 0 radical (unpaired) electrons. The normalized spacial score (nSPS) is 11.3. The van der Waals surface area contributed by atoms with E-state index in [1.165, 1.54) is 0 Å². The van der Waals surface area contributed by atoms with Gasteiger partial charge in [0.05, 0.1) is 0 Å². The Labute approximate surface area is 120 Å². The first kappa shape index (κ1) is 20.9. The molecule has 0 unspecified atom stereocenters. The Balaban J connectivity index is -0.000000157. The van der Waals surface area contributed by atoms with E-state index in [1.54, 1.807) is 0 Å². The maximum atomic E-state index is 8.24. The summed E-state index contributed by atoms with van der Waals surface area (Å²) in [5, 5.41) is 13.5. The van der Waals surface area contributed by atoms with Crippen LogP contribution in [0.2, 0.25) is 0 Å². The average molecular weight is 305 g/mol. The van der Waals surface area contributed by atoms with E-state index in [-0.39, 0.29) is 26.2 Å². The van der Waals surface area contributed by atoms with Crippen molar-refractivity contribution >= 4 is 12.2 Å². The molecule has 0 bridgehead atoms. The molecule has 0 aliphatic heterocycles. The van der Waals surface area contributed by atoms with E-state index in [1.807, 2.05) is 24.3 Å². The van der Waals surface area contributed by atoms with E-state index < -0.39 is 0 Å². The zero-order chi connectivity index (χ0) is 12.5. The van der Waals surface area contributed by atoms with Gasteiger partial charge in [-0.3, -0.25) is 21.7 Å². The summed E-state index contributed by atoms with van der Waals surface area (Å²) in [6, 6.07) is 0. The first-order valence-electron chi connectivity index (χ1n) is 4.29. The molecule has 0 N–H and O–H groups in total. The van der Waals surface area contributed by atoms with Gasteiger partial charge in [-0.15, -0.1) is 12.8 Å². The largest absolute Gasteiger partial charge is 4.00 e. The van der Waals surface area contributed by atoms with Crippen LogP contribution in [0.25, 0.3) is 10.8 Å². The molecule has 0 atom stereocenters. The van der Waals surface area contributed by atoms with Crippen LogP contribution in [-0.2, 0) is 35.8 Å². The second kappa shape index (κ2) is 24.0. The topological polar surface area (TPSA) is 78.7 Å². The fourth-order valence-electron chi connectivity index (χ4n) is 0.680. The quantitative estimate of drug-likeness (QED) is 0.391. The van der Waals surface area contributed by atoms with Gasteiger partial charge >= 0.3 is 26.2 Å². The molecule has 2 rings (SSSR count). The predicted octanol–water partition coefficient (Wildman–Crippen LogP) is 2.39. The molecule has 0 spiro atoms. The van der Waals surface area contributed by atoms with E-state index in [4.69, 9.17) is 20.4 Å². The molecular weight excluding hydrogens is 295 g/mol. The molecule has 17 heavy (non-hydrogen) atoms. The van der Waals surface area contributed by atoms with Gasteiger partial charge in [-0.25, -0.2) is 24.3 Å². The van der Waals surface area contributed by atoms with Crippen molar-refractivity contribution in [2.45, 2.75) is 12.8 Å². The number of isocyanates is 2. The van der Waals surface area contributed by atoms with E-state index in [0.29, 0.717) is 12.2 Å². The zero-order valence-electron chi connectivity index (χ0n) is 9.09. The molecule has 0 saturated heterocycles. The number of nitrogens with zero attached hydrogens (tertiary/aromatic N) is 2. The van der Waals surface area contributed by atoms with Crippen LogP contribution in [0.15, 0.2) is 36.5 Å². The smallest absolute Gasteiger partial charge is 0.724 e. The summed E-state index contributed by atoms with van der Waals surface area (Å²) in [6.45, 7) is 0. The summed E-state index contributed by atoms with van der Waals surface area (Å²) in [7, 11) is 0. The predicted molar refractivity (Wildman–Crippen MR) is 61.2 cm³/mol. The Hall–Kier alpha value is -1.40. The third kappa shape index (κ3) is 31.3. The number of allylic oxidation sites excluding steroid dienone is 8. The molecule has 2 aliphatic rings. The minimum absolute atomic E-state index is 0. The van der Waals surface area contributed by atoms with E-state index in [2.05, 4.69) is 24.3 Å². The van der Waals surface area contributed by atoms with Crippen LogP contribution in [0.5, 0.6) is 0 Å². The van der Waals surface area contributed by atoms with Gasteiger partial charge in [0, 0.05) is 0 Å². The van der Waals surface area contributed by atoms with Crippen LogP contribution < -0.4 is 0 Å². The summed E-state index contributed by atoms with van der Waals surface area (Å²) >= 11 is 0. The van der Waals surface area contributed by atoms with Crippen molar-refractivity contribution < 1.29 is 35.8 Å². The molecule has 0 aromatic heterocycles.